The van der Waals surface area contributed by atoms with Crippen molar-refractivity contribution in [2.24, 2.45) is 0 Å². The Morgan fingerprint density at radius 2 is 1.58 bits per heavy atom. The van der Waals surface area contributed by atoms with Gasteiger partial charge < -0.3 is 0 Å². The lowest BCUT2D eigenvalue weighted by Gasteiger charge is -2.09. The van der Waals surface area contributed by atoms with Crippen molar-refractivity contribution in [3.05, 3.63) is 65.2 Å². The summed E-state index contributed by atoms with van der Waals surface area (Å²) < 4.78 is 26.8. The fraction of sp³-hybridized carbons (Fsp3) is 0.200. The van der Waals surface area contributed by atoms with Crippen molar-refractivity contribution in [1.82, 2.24) is 0 Å². The number of rotatable bonds is 4. The molecule has 0 bridgehead atoms. The van der Waals surface area contributed by atoms with E-state index in [1.807, 2.05) is 56.3 Å². The third-order valence-corrected chi connectivity index (χ3v) is 3.99. The smallest absolute Gasteiger partial charge is 0.236 e. The molecule has 0 saturated heterocycles. The van der Waals surface area contributed by atoms with Crippen molar-refractivity contribution in [2.45, 2.75) is 19.6 Å². The molecule has 2 aromatic carbocycles. The summed E-state index contributed by atoms with van der Waals surface area (Å²) in [7, 11) is -3.37. The first kappa shape index (κ1) is 13.6. The summed E-state index contributed by atoms with van der Waals surface area (Å²) in [6, 6.07) is 14.8. The van der Waals surface area contributed by atoms with Crippen LogP contribution in [0.2, 0.25) is 0 Å². The Kier molecular flexibility index (Phi) is 3.90. The molecule has 100 valence electrons. The molecule has 19 heavy (non-hydrogen) atoms. The van der Waals surface area contributed by atoms with Gasteiger partial charge in [-0.1, -0.05) is 42.0 Å². The minimum Gasteiger partial charge on any atom is -0.283 e. The van der Waals surface area contributed by atoms with Gasteiger partial charge in [-0.05, 0) is 37.1 Å². The minimum absolute atomic E-state index is 0.0113. The molecule has 0 atom stereocenters. The van der Waals surface area contributed by atoms with Gasteiger partial charge in [-0.15, -0.1) is 0 Å². The lowest BCUT2D eigenvalue weighted by Crippen LogP contribution is -2.15. The number of anilines is 1. The maximum Gasteiger partial charge on any atom is 0.236 e. The maximum atomic E-state index is 12.1. The maximum absolute atomic E-state index is 12.1. The quantitative estimate of drug-likeness (QED) is 0.931. The molecule has 3 nitrogen and oxygen atoms in total. The van der Waals surface area contributed by atoms with E-state index in [0.717, 1.165) is 16.7 Å². The predicted molar refractivity (Wildman–Crippen MR) is 78.6 cm³/mol. The summed E-state index contributed by atoms with van der Waals surface area (Å²) in [6.07, 6.45) is 0. The second-order valence-electron chi connectivity index (χ2n) is 4.72. The zero-order valence-electron chi connectivity index (χ0n) is 11.1. The molecule has 0 spiro atoms. The van der Waals surface area contributed by atoms with Crippen LogP contribution in [0.1, 0.15) is 16.7 Å². The zero-order valence-corrected chi connectivity index (χ0v) is 11.9. The molecule has 2 rings (SSSR count). The average molecular weight is 275 g/mol. The highest BCUT2D eigenvalue weighted by Gasteiger charge is 2.11. The lowest BCUT2D eigenvalue weighted by atomic mass is 10.2. The standard InChI is InChI=1S/C15H17NO2S/c1-12-5-3-7-14(9-12)11-19(17,18)16-15-8-4-6-13(2)10-15/h3-10,16H,11H2,1-2H3. The Morgan fingerprint density at radius 1 is 0.947 bits per heavy atom. The van der Waals surface area contributed by atoms with Crippen LogP contribution >= 0.6 is 0 Å². The van der Waals surface area contributed by atoms with E-state index in [9.17, 15) is 8.42 Å². The molecule has 0 aliphatic carbocycles. The zero-order chi connectivity index (χ0) is 13.9. The number of nitrogens with one attached hydrogen (secondary N) is 1. The van der Waals surface area contributed by atoms with Crippen molar-refractivity contribution in [1.29, 1.82) is 0 Å². The Bertz CT molecular complexity index is 625. The van der Waals surface area contributed by atoms with Crippen LogP contribution in [0.25, 0.3) is 0 Å². The highest BCUT2D eigenvalue weighted by molar-refractivity contribution is 7.91. The van der Waals surface area contributed by atoms with Crippen LogP contribution < -0.4 is 4.72 Å². The second kappa shape index (κ2) is 5.45. The summed E-state index contributed by atoms with van der Waals surface area (Å²) in [5.41, 5.74) is 3.48. The third kappa shape index (κ3) is 4.10. The molecule has 0 heterocycles. The molecule has 0 aliphatic heterocycles. The summed E-state index contributed by atoms with van der Waals surface area (Å²) in [5, 5.41) is 0. The fourth-order valence-electron chi connectivity index (χ4n) is 1.95. The molecule has 0 saturated carbocycles. The summed E-state index contributed by atoms with van der Waals surface area (Å²) >= 11 is 0. The number of benzene rings is 2. The Labute approximate surface area is 114 Å². The van der Waals surface area contributed by atoms with Crippen LogP contribution in [0.4, 0.5) is 5.69 Å². The van der Waals surface area contributed by atoms with Gasteiger partial charge in [-0.3, -0.25) is 4.72 Å². The van der Waals surface area contributed by atoms with E-state index in [0.29, 0.717) is 5.69 Å². The van der Waals surface area contributed by atoms with Gasteiger partial charge in [0, 0.05) is 5.69 Å². The van der Waals surface area contributed by atoms with Gasteiger partial charge in [0.05, 0.1) is 5.75 Å². The van der Waals surface area contributed by atoms with Crippen LogP contribution in [0.5, 0.6) is 0 Å². The summed E-state index contributed by atoms with van der Waals surface area (Å²) in [6.45, 7) is 3.88. The van der Waals surface area contributed by atoms with Gasteiger partial charge in [-0.25, -0.2) is 8.42 Å². The molecule has 0 fully saturated rings. The number of aryl methyl sites for hydroxylation is 2. The van der Waals surface area contributed by atoms with Crippen molar-refractivity contribution in [2.75, 3.05) is 4.72 Å². The van der Waals surface area contributed by atoms with Gasteiger partial charge in [0.1, 0.15) is 0 Å². The number of hydrogen-bond donors (Lipinski definition) is 1. The molecular formula is C15H17NO2S. The van der Waals surface area contributed by atoms with Gasteiger partial charge >= 0.3 is 0 Å². The Hall–Kier alpha value is -1.81. The fourth-order valence-corrected chi connectivity index (χ4v) is 3.12. The lowest BCUT2D eigenvalue weighted by molar-refractivity contribution is 0.600. The van der Waals surface area contributed by atoms with E-state index in [4.69, 9.17) is 0 Å². The van der Waals surface area contributed by atoms with E-state index >= 15 is 0 Å². The number of hydrogen-bond acceptors (Lipinski definition) is 2. The van der Waals surface area contributed by atoms with Crippen LogP contribution in [0, 0.1) is 13.8 Å². The molecule has 0 aliphatic rings. The Morgan fingerprint density at radius 3 is 2.21 bits per heavy atom. The molecule has 0 aromatic heterocycles. The van der Waals surface area contributed by atoms with Gasteiger partial charge in [-0.2, -0.15) is 0 Å². The largest absolute Gasteiger partial charge is 0.283 e. The molecular weight excluding hydrogens is 258 g/mol. The summed E-state index contributed by atoms with van der Waals surface area (Å²) in [4.78, 5) is 0. The minimum atomic E-state index is -3.37. The van der Waals surface area contributed by atoms with Crippen LogP contribution in [0.3, 0.4) is 0 Å². The van der Waals surface area contributed by atoms with Gasteiger partial charge in [0.15, 0.2) is 0 Å². The topological polar surface area (TPSA) is 46.2 Å². The first-order valence-electron chi connectivity index (χ1n) is 6.07. The second-order valence-corrected chi connectivity index (χ2v) is 6.44. The molecule has 0 amide bonds. The summed E-state index contributed by atoms with van der Waals surface area (Å²) in [5.74, 6) is -0.0113. The monoisotopic (exact) mass is 275 g/mol. The van der Waals surface area contributed by atoms with Crippen molar-refractivity contribution in [3.63, 3.8) is 0 Å². The molecule has 0 unspecified atom stereocenters. The van der Waals surface area contributed by atoms with Gasteiger partial charge in [0.2, 0.25) is 10.0 Å². The van der Waals surface area contributed by atoms with E-state index in [1.54, 1.807) is 6.07 Å². The highest BCUT2D eigenvalue weighted by Crippen LogP contribution is 2.14. The molecule has 2 aromatic rings. The first-order chi connectivity index (χ1) is 8.94. The van der Waals surface area contributed by atoms with Crippen LogP contribution in [-0.4, -0.2) is 8.42 Å². The Balaban J connectivity index is 2.15. The molecule has 4 heteroatoms. The molecule has 0 radical (unpaired) electrons. The average Bonchev–Trinajstić information content (AvgIpc) is 2.27. The highest BCUT2D eigenvalue weighted by atomic mass is 32.2. The van der Waals surface area contributed by atoms with E-state index < -0.39 is 10.0 Å². The van der Waals surface area contributed by atoms with Crippen molar-refractivity contribution < 1.29 is 8.42 Å². The van der Waals surface area contributed by atoms with Gasteiger partial charge in [0.25, 0.3) is 0 Å². The van der Waals surface area contributed by atoms with E-state index in [1.165, 1.54) is 0 Å². The first-order valence-corrected chi connectivity index (χ1v) is 7.72. The van der Waals surface area contributed by atoms with Crippen LogP contribution in [-0.2, 0) is 15.8 Å². The third-order valence-electron chi connectivity index (χ3n) is 2.73. The number of sulfonamides is 1. The van der Waals surface area contributed by atoms with Crippen molar-refractivity contribution in [3.8, 4) is 0 Å². The van der Waals surface area contributed by atoms with Crippen molar-refractivity contribution >= 4 is 15.7 Å². The van der Waals surface area contributed by atoms with E-state index in [2.05, 4.69) is 4.72 Å². The SMILES string of the molecule is Cc1cccc(CS(=O)(=O)Nc2cccc(C)c2)c1. The molecule has 1 N–H and O–H groups in total. The normalized spacial score (nSPS) is 11.3. The van der Waals surface area contributed by atoms with E-state index in [-0.39, 0.29) is 5.75 Å². The predicted octanol–water partition coefficient (Wildman–Crippen LogP) is 3.25. The van der Waals surface area contributed by atoms with Crippen LogP contribution in [0.15, 0.2) is 48.5 Å².